The van der Waals surface area contributed by atoms with Gasteiger partial charge in [-0.2, -0.15) is 0 Å². The molecule has 0 bridgehead atoms. The Bertz CT molecular complexity index is 688. The first kappa shape index (κ1) is 16.4. The summed E-state index contributed by atoms with van der Waals surface area (Å²) in [5.41, 5.74) is 0.441. The van der Waals surface area contributed by atoms with E-state index in [9.17, 15) is 13.6 Å². The highest BCUT2D eigenvalue weighted by Crippen LogP contribution is 2.15. The Labute approximate surface area is 138 Å². The second-order valence-electron chi connectivity index (χ2n) is 5.52. The largest absolute Gasteiger partial charge is 0.491 e. The van der Waals surface area contributed by atoms with Crippen molar-refractivity contribution in [2.24, 2.45) is 0 Å². The van der Waals surface area contributed by atoms with E-state index in [1.807, 2.05) is 0 Å². The number of carbonyl (C=O) groups is 1. The van der Waals surface area contributed by atoms with Crippen molar-refractivity contribution in [1.82, 2.24) is 4.90 Å². The summed E-state index contributed by atoms with van der Waals surface area (Å²) < 4.78 is 37.0. The minimum Gasteiger partial charge on any atom is -0.491 e. The van der Waals surface area contributed by atoms with Gasteiger partial charge in [0.05, 0.1) is 13.2 Å². The third-order valence-corrected chi connectivity index (χ3v) is 3.77. The standard InChI is InChI=1S/C18H17F2NO3/c19-14-3-1-13(2-4-14)18(22)21-9-10-23-17(11-21)12-24-16-7-5-15(20)6-8-16/h1-8,17H,9-12H2. The highest BCUT2D eigenvalue weighted by atomic mass is 19.1. The number of halogens is 2. The Morgan fingerprint density at radius 1 is 1.08 bits per heavy atom. The van der Waals surface area contributed by atoms with Crippen LogP contribution in [-0.2, 0) is 4.74 Å². The van der Waals surface area contributed by atoms with Gasteiger partial charge in [-0.1, -0.05) is 0 Å². The minimum atomic E-state index is -0.376. The molecule has 0 spiro atoms. The maximum absolute atomic E-state index is 13.0. The molecule has 4 nitrogen and oxygen atoms in total. The van der Waals surface area contributed by atoms with E-state index < -0.39 is 0 Å². The van der Waals surface area contributed by atoms with Gasteiger partial charge in [0.1, 0.15) is 30.1 Å². The summed E-state index contributed by atoms with van der Waals surface area (Å²) in [4.78, 5) is 14.1. The van der Waals surface area contributed by atoms with Crippen LogP contribution in [0.15, 0.2) is 48.5 Å². The fraction of sp³-hybridized carbons (Fsp3) is 0.278. The predicted octanol–water partition coefficient (Wildman–Crippen LogP) is 2.88. The second-order valence-corrected chi connectivity index (χ2v) is 5.52. The smallest absolute Gasteiger partial charge is 0.254 e. The summed E-state index contributed by atoms with van der Waals surface area (Å²) in [7, 11) is 0. The Morgan fingerprint density at radius 2 is 1.71 bits per heavy atom. The summed E-state index contributed by atoms with van der Waals surface area (Å²) in [6.45, 7) is 1.53. The van der Waals surface area contributed by atoms with Gasteiger partial charge < -0.3 is 14.4 Å². The van der Waals surface area contributed by atoms with E-state index in [1.165, 1.54) is 36.4 Å². The van der Waals surface area contributed by atoms with Crippen LogP contribution in [0.5, 0.6) is 5.75 Å². The van der Waals surface area contributed by atoms with Gasteiger partial charge in [-0.15, -0.1) is 0 Å². The summed E-state index contributed by atoms with van der Waals surface area (Å²) in [5.74, 6) is -0.321. The number of morpholine rings is 1. The van der Waals surface area contributed by atoms with Crippen LogP contribution in [0.25, 0.3) is 0 Å². The molecular weight excluding hydrogens is 316 g/mol. The van der Waals surface area contributed by atoms with Crippen molar-refractivity contribution >= 4 is 5.91 Å². The van der Waals surface area contributed by atoms with Crippen LogP contribution in [-0.4, -0.2) is 43.2 Å². The number of nitrogens with zero attached hydrogens (tertiary/aromatic N) is 1. The molecular formula is C18H17F2NO3. The average molecular weight is 333 g/mol. The van der Waals surface area contributed by atoms with Crippen LogP contribution in [0, 0.1) is 11.6 Å². The fourth-order valence-corrected chi connectivity index (χ4v) is 2.50. The van der Waals surface area contributed by atoms with E-state index in [-0.39, 0.29) is 30.3 Å². The molecule has 0 radical (unpaired) electrons. The molecule has 1 amide bonds. The van der Waals surface area contributed by atoms with Crippen molar-refractivity contribution in [1.29, 1.82) is 0 Å². The lowest BCUT2D eigenvalue weighted by molar-refractivity contribution is -0.0401. The number of hydrogen-bond donors (Lipinski definition) is 0. The Kier molecular flexibility index (Phi) is 5.05. The monoisotopic (exact) mass is 333 g/mol. The fourth-order valence-electron chi connectivity index (χ4n) is 2.50. The number of carbonyl (C=O) groups excluding carboxylic acids is 1. The quantitative estimate of drug-likeness (QED) is 0.864. The van der Waals surface area contributed by atoms with Gasteiger partial charge >= 0.3 is 0 Å². The molecule has 1 aliphatic heterocycles. The molecule has 24 heavy (non-hydrogen) atoms. The first-order valence-corrected chi connectivity index (χ1v) is 7.66. The number of benzene rings is 2. The first-order valence-electron chi connectivity index (χ1n) is 7.66. The van der Waals surface area contributed by atoms with Gasteiger partial charge in [0, 0.05) is 12.1 Å². The number of amides is 1. The summed E-state index contributed by atoms with van der Waals surface area (Å²) in [5, 5.41) is 0. The third kappa shape index (κ3) is 4.08. The van der Waals surface area contributed by atoms with Gasteiger partial charge in [-0.3, -0.25) is 4.79 Å². The Hall–Kier alpha value is -2.47. The molecule has 0 N–H and O–H groups in total. The maximum atomic E-state index is 13.0. The molecule has 0 aromatic heterocycles. The van der Waals surface area contributed by atoms with Gasteiger partial charge in [-0.05, 0) is 48.5 Å². The van der Waals surface area contributed by atoms with E-state index >= 15 is 0 Å². The molecule has 126 valence electrons. The van der Waals surface area contributed by atoms with Crippen molar-refractivity contribution < 1.29 is 23.0 Å². The van der Waals surface area contributed by atoms with Crippen LogP contribution in [0.1, 0.15) is 10.4 Å². The lowest BCUT2D eigenvalue weighted by Gasteiger charge is -2.32. The van der Waals surface area contributed by atoms with Crippen molar-refractivity contribution in [3.05, 3.63) is 65.7 Å². The third-order valence-electron chi connectivity index (χ3n) is 3.77. The van der Waals surface area contributed by atoms with Crippen molar-refractivity contribution in [2.75, 3.05) is 26.3 Å². The Balaban J connectivity index is 1.56. The highest BCUT2D eigenvalue weighted by molar-refractivity contribution is 5.94. The molecule has 1 fully saturated rings. The Morgan fingerprint density at radius 3 is 2.38 bits per heavy atom. The molecule has 2 aromatic rings. The SMILES string of the molecule is O=C(c1ccc(F)cc1)N1CCOC(COc2ccc(F)cc2)C1. The van der Waals surface area contributed by atoms with Crippen molar-refractivity contribution in [2.45, 2.75) is 6.10 Å². The molecule has 0 aliphatic carbocycles. The molecule has 1 aliphatic rings. The lowest BCUT2D eigenvalue weighted by Crippen LogP contribution is -2.47. The second kappa shape index (κ2) is 7.40. The normalized spacial score (nSPS) is 17.6. The molecule has 1 heterocycles. The maximum Gasteiger partial charge on any atom is 0.254 e. The molecule has 6 heteroatoms. The first-order chi connectivity index (χ1) is 11.6. The number of ether oxygens (including phenoxy) is 2. The number of hydrogen-bond acceptors (Lipinski definition) is 3. The van der Waals surface area contributed by atoms with Gasteiger partial charge in [-0.25, -0.2) is 8.78 Å². The van der Waals surface area contributed by atoms with E-state index in [0.29, 0.717) is 31.0 Å². The van der Waals surface area contributed by atoms with E-state index in [4.69, 9.17) is 9.47 Å². The minimum absolute atomic E-state index is 0.162. The van der Waals surface area contributed by atoms with Gasteiger partial charge in [0.25, 0.3) is 5.91 Å². The molecule has 3 rings (SSSR count). The molecule has 1 unspecified atom stereocenters. The highest BCUT2D eigenvalue weighted by Gasteiger charge is 2.25. The van der Waals surface area contributed by atoms with Crippen LogP contribution < -0.4 is 4.74 Å². The number of rotatable bonds is 4. The van der Waals surface area contributed by atoms with Gasteiger partial charge in [0.15, 0.2) is 0 Å². The zero-order chi connectivity index (χ0) is 16.9. The summed E-state index contributed by atoms with van der Waals surface area (Å²) >= 11 is 0. The van der Waals surface area contributed by atoms with Crippen LogP contribution in [0.3, 0.4) is 0 Å². The zero-order valence-corrected chi connectivity index (χ0v) is 13.0. The van der Waals surface area contributed by atoms with Crippen LogP contribution in [0.2, 0.25) is 0 Å². The predicted molar refractivity (Wildman–Crippen MR) is 83.9 cm³/mol. The zero-order valence-electron chi connectivity index (χ0n) is 13.0. The van der Waals surface area contributed by atoms with E-state index in [1.54, 1.807) is 17.0 Å². The van der Waals surface area contributed by atoms with Crippen LogP contribution >= 0.6 is 0 Å². The van der Waals surface area contributed by atoms with Crippen LogP contribution in [0.4, 0.5) is 8.78 Å². The topological polar surface area (TPSA) is 38.8 Å². The lowest BCUT2D eigenvalue weighted by atomic mass is 10.1. The van der Waals surface area contributed by atoms with E-state index in [0.717, 1.165) is 0 Å². The van der Waals surface area contributed by atoms with E-state index in [2.05, 4.69) is 0 Å². The van der Waals surface area contributed by atoms with Crippen molar-refractivity contribution in [3.8, 4) is 5.75 Å². The molecule has 0 saturated carbocycles. The molecule has 2 aromatic carbocycles. The summed E-state index contributed by atoms with van der Waals surface area (Å²) in [6, 6.07) is 11.2. The summed E-state index contributed by atoms with van der Waals surface area (Å²) in [6.07, 6.45) is -0.270. The van der Waals surface area contributed by atoms with Crippen molar-refractivity contribution in [3.63, 3.8) is 0 Å². The van der Waals surface area contributed by atoms with Gasteiger partial charge in [0.2, 0.25) is 0 Å². The average Bonchev–Trinajstić information content (AvgIpc) is 2.61. The molecule has 1 atom stereocenters. The molecule has 1 saturated heterocycles.